The highest BCUT2D eigenvalue weighted by Crippen LogP contribution is 2.38. The van der Waals surface area contributed by atoms with Crippen LogP contribution in [0.3, 0.4) is 0 Å². The summed E-state index contributed by atoms with van der Waals surface area (Å²) in [5.74, 6) is 0.793. The van der Waals surface area contributed by atoms with Gasteiger partial charge in [0, 0.05) is 49.4 Å². The largest absolute Gasteiger partial charge is 0.343 e. The van der Waals surface area contributed by atoms with E-state index in [2.05, 4.69) is 6.92 Å². The van der Waals surface area contributed by atoms with Crippen molar-refractivity contribution in [1.29, 1.82) is 0 Å². The molecular formula is C24H33N5O2. The first kappa shape index (κ1) is 20.5. The number of hydrogen-bond acceptors (Lipinski definition) is 4. The van der Waals surface area contributed by atoms with E-state index in [0.717, 1.165) is 86.5 Å². The molecule has 7 heteroatoms. The molecule has 4 heterocycles. The van der Waals surface area contributed by atoms with E-state index >= 15 is 0 Å². The smallest absolute Gasteiger partial charge is 0.226 e. The third kappa shape index (κ3) is 3.94. The Morgan fingerprint density at radius 2 is 1.81 bits per heavy atom. The molecule has 166 valence electrons. The van der Waals surface area contributed by atoms with Crippen molar-refractivity contribution in [3.05, 3.63) is 28.7 Å². The van der Waals surface area contributed by atoms with Gasteiger partial charge in [0.2, 0.25) is 11.8 Å². The van der Waals surface area contributed by atoms with Crippen molar-refractivity contribution in [2.24, 2.45) is 5.92 Å². The van der Waals surface area contributed by atoms with E-state index in [-0.39, 0.29) is 17.9 Å². The van der Waals surface area contributed by atoms with Gasteiger partial charge in [0.1, 0.15) is 0 Å². The Balaban J connectivity index is 1.36. The van der Waals surface area contributed by atoms with Crippen LogP contribution in [0, 0.1) is 19.8 Å². The molecule has 2 aromatic rings. The fraction of sp³-hybridized carbons (Fsp3) is 0.667. The van der Waals surface area contributed by atoms with Crippen molar-refractivity contribution < 1.29 is 9.59 Å². The second-order valence-corrected chi connectivity index (χ2v) is 9.51. The minimum absolute atomic E-state index is 0.0682. The van der Waals surface area contributed by atoms with Crippen molar-refractivity contribution in [2.45, 2.75) is 77.7 Å². The lowest BCUT2D eigenvalue weighted by atomic mass is 10.0. The molecule has 7 nitrogen and oxygen atoms in total. The van der Waals surface area contributed by atoms with Gasteiger partial charge in [-0.3, -0.25) is 9.59 Å². The number of nitrogens with zero attached hydrogens (tertiary/aromatic N) is 5. The first-order valence-electron chi connectivity index (χ1n) is 12.0. The third-order valence-corrected chi connectivity index (χ3v) is 7.28. The van der Waals surface area contributed by atoms with Crippen molar-refractivity contribution in [1.82, 2.24) is 24.4 Å². The zero-order chi connectivity index (χ0) is 21.5. The maximum atomic E-state index is 12.7. The Kier molecular flexibility index (Phi) is 5.44. The number of hydrogen-bond donors (Lipinski definition) is 0. The highest BCUT2D eigenvalue weighted by Gasteiger charge is 2.39. The molecule has 1 aliphatic carbocycles. The fourth-order valence-corrected chi connectivity index (χ4v) is 5.31. The van der Waals surface area contributed by atoms with E-state index in [4.69, 9.17) is 10.1 Å². The predicted molar refractivity (Wildman–Crippen MR) is 118 cm³/mol. The molecule has 31 heavy (non-hydrogen) atoms. The van der Waals surface area contributed by atoms with Gasteiger partial charge in [0.25, 0.3) is 0 Å². The van der Waals surface area contributed by atoms with E-state index in [1.54, 1.807) is 0 Å². The number of carbonyl (C=O) groups excluding carboxylic acids is 2. The monoisotopic (exact) mass is 423 g/mol. The lowest BCUT2D eigenvalue weighted by molar-refractivity contribution is -0.133. The molecule has 0 aromatic carbocycles. The van der Waals surface area contributed by atoms with Gasteiger partial charge in [-0.2, -0.15) is 5.10 Å². The first-order valence-corrected chi connectivity index (χ1v) is 12.0. The highest BCUT2D eigenvalue weighted by molar-refractivity contribution is 5.81. The average Bonchev–Trinajstić information content (AvgIpc) is 3.36. The van der Waals surface area contributed by atoms with Crippen molar-refractivity contribution in [3.8, 4) is 0 Å². The third-order valence-electron chi connectivity index (χ3n) is 7.28. The van der Waals surface area contributed by atoms with Crippen LogP contribution in [0.15, 0.2) is 6.07 Å². The maximum Gasteiger partial charge on any atom is 0.226 e. The highest BCUT2D eigenvalue weighted by atomic mass is 16.2. The molecule has 1 atom stereocenters. The summed E-state index contributed by atoms with van der Waals surface area (Å²) in [4.78, 5) is 34.2. The second-order valence-electron chi connectivity index (χ2n) is 9.51. The van der Waals surface area contributed by atoms with E-state index in [1.165, 1.54) is 6.42 Å². The number of piperidine rings is 1. The minimum Gasteiger partial charge on any atom is -0.343 e. The second kappa shape index (κ2) is 8.24. The number of carbonyl (C=O) groups is 2. The molecular weight excluding hydrogens is 390 g/mol. The molecule has 0 bridgehead atoms. The normalized spacial score (nSPS) is 21.8. The number of fused-ring (bicyclic) bond motifs is 1. The van der Waals surface area contributed by atoms with Gasteiger partial charge in [-0.05, 0) is 70.8 Å². The van der Waals surface area contributed by atoms with Crippen LogP contribution in [0.4, 0.5) is 0 Å². The van der Waals surface area contributed by atoms with Crippen LogP contribution in [0.2, 0.25) is 0 Å². The Labute approximate surface area is 183 Å². The number of aromatic nitrogens is 3. The van der Waals surface area contributed by atoms with Gasteiger partial charge < -0.3 is 9.80 Å². The van der Waals surface area contributed by atoms with E-state index in [9.17, 15) is 9.59 Å². The molecule has 2 saturated heterocycles. The molecule has 0 N–H and O–H groups in total. The van der Waals surface area contributed by atoms with Gasteiger partial charge in [0.05, 0.1) is 11.7 Å². The van der Waals surface area contributed by atoms with Crippen LogP contribution in [0.25, 0.3) is 5.65 Å². The molecule has 1 saturated carbocycles. The number of rotatable bonds is 5. The SMILES string of the molecule is Cc1nc2cc([C@@H]3CCCN3C(=O)C3CC3)nn2c(C)c1CCC(=O)N1CCCCC1. The van der Waals surface area contributed by atoms with Crippen LogP contribution in [0.5, 0.6) is 0 Å². The number of aryl methyl sites for hydroxylation is 2. The zero-order valence-electron chi connectivity index (χ0n) is 18.8. The van der Waals surface area contributed by atoms with Crippen molar-refractivity contribution >= 4 is 17.5 Å². The zero-order valence-corrected chi connectivity index (χ0v) is 18.8. The molecule has 2 amide bonds. The molecule has 0 unspecified atom stereocenters. The summed E-state index contributed by atoms with van der Waals surface area (Å²) in [6.07, 6.45) is 8.76. The molecule has 2 aromatic heterocycles. The van der Waals surface area contributed by atoms with Crippen molar-refractivity contribution in [3.63, 3.8) is 0 Å². The molecule has 0 radical (unpaired) electrons. The minimum atomic E-state index is 0.0682. The number of likely N-dealkylation sites (tertiary alicyclic amines) is 2. The summed E-state index contributed by atoms with van der Waals surface area (Å²) in [6, 6.07) is 2.12. The van der Waals surface area contributed by atoms with Gasteiger partial charge in [-0.25, -0.2) is 9.50 Å². The Bertz CT molecular complexity index is 1000. The molecule has 5 rings (SSSR count). The van der Waals surface area contributed by atoms with E-state index < -0.39 is 0 Å². The van der Waals surface area contributed by atoms with Crippen LogP contribution in [0.1, 0.15) is 80.1 Å². The van der Waals surface area contributed by atoms with E-state index in [1.807, 2.05) is 27.3 Å². The maximum absolute atomic E-state index is 12.7. The van der Waals surface area contributed by atoms with Crippen LogP contribution >= 0.6 is 0 Å². The topological polar surface area (TPSA) is 70.8 Å². The van der Waals surface area contributed by atoms with E-state index in [0.29, 0.717) is 18.7 Å². The summed E-state index contributed by atoms with van der Waals surface area (Å²) >= 11 is 0. The van der Waals surface area contributed by atoms with Gasteiger partial charge in [-0.15, -0.1) is 0 Å². The summed E-state index contributed by atoms with van der Waals surface area (Å²) in [5.41, 5.74) is 4.92. The quantitative estimate of drug-likeness (QED) is 0.739. The predicted octanol–water partition coefficient (Wildman–Crippen LogP) is 3.36. The lowest BCUT2D eigenvalue weighted by Gasteiger charge is -2.26. The van der Waals surface area contributed by atoms with Gasteiger partial charge in [0.15, 0.2) is 5.65 Å². The summed E-state index contributed by atoms with van der Waals surface area (Å²) in [5, 5.41) is 4.89. The molecule has 3 aliphatic rings. The fourth-order valence-electron chi connectivity index (χ4n) is 5.31. The molecule has 3 fully saturated rings. The van der Waals surface area contributed by atoms with Crippen molar-refractivity contribution in [2.75, 3.05) is 19.6 Å². The number of amides is 2. The Hall–Kier alpha value is -2.44. The summed E-state index contributed by atoms with van der Waals surface area (Å²) in [6.45, 7) is 6.73. The van der Waals surface area contributed by atoms with Crippen LogP contribution in [-0.2, 0) is 16.0 Å². The molecule has 0 spiro atoms. The lowest BCUT2D eigenvalue weighted by Crippen LogP contribution is -2.35. The first-order chi connectivity index (χ1) is 15.0. The summed E-state index contributed by atoms with van der Waals surface area (Å²) < 4.78 is 1.92. The van der Waals surface area contributed by atoms with Crippen LogP contribution < -0.4 is 0 Å². The van der Waals surface area contributed by atoms with Gasteiger partial charge >= 0.3 is 0 Å². The Morgan fingerprint density at radius 3 is 2.55 bits per heavy atom. The Morgan fingerprint density at radius 1 is 1.03 bits per heavy atom. The summed E-state index contributed by atoms with van der Waals surface area (Å²) in [7, 11) is 0. The van der Waals surface area contributed by atoms with Crippen LogP contribution in [-0.4, -0.2) is 55.8 Å². The molecule has 2 aliphatic heterocycles. The standard InChI is InChI=1S/C24H33N5O2/c1-16-19(10-11-23(30)27-12-4-3-5-13-27)17(2)29-22(25-16)15-20(26-29)21-7-6-14-28(21)24(31)18-8-9-18/h15,18,21H,3-14H2,1-2H3/t21-/m0/s1. The average molecular weight is 424 g/mol. The van der Waals surface area contributed by atoms with Gasteiger partial charge in [-0.1, -0.05) is 0 Å².